The van der Waals surface area contributed by atoms with Crippen molar-refractivity contribution in [3.8, 4) is 5.75 Å². The molecule has 1 heterocycles. The summed E-state index contributed by atoms with van der Waals surface area (Å²) in [6.07, 6.45) is 3.13. The number of nitrogens with one attached hydrogen (secondary N) is 2. The number of H-pyrrole nitrogens is 1. The molecule has 0 aliphatic heterocycles. The van der Waals surface area contributed by atoms with Crippen molar-refractivity contribution in [2.45, 2.75) is 19.4 Å². The summed E-state index contributed by atoms with van der Waals surface area (Å²) in [4.78, 5) is 18.7. The standard InChI is InChI=1S/C13H14FN3O2/c1-13(2,11(18)17-12-15-7-8-16-12)19-10-5-3-9(14)4-6-10/h3-8H,1-2H3,(H2,15,16,17,18). The second-order valence-electron chi connectivity index (χ2n) is 4.46. The number of hydrogen-bond donors (Lipinski definition) is 2. The van der Waals surface area contributed by atoms with Crippen LogP contribution in [0.2, 0.25) is 0 Å². The lowest BCUT2D eigenvalue weighted by atomic mass is 10.1. The third-order valence-corrected chi connectivity index (χ3v) is 2.46. The number of halogens is 1. The molecule has 0 saturated carbocycles. The number of aromatic nitrogens is 2. The van der Waals surface area contributed by atoms with Crippen molar-refractivity contribution in [2.75, 3.05) is 5.32 Å². The van der Waals surface area contributed by atoms with Gasteiger partial charge >= 0.3 is 0 Å². The maximum atomic E-state index is 12.8. The second-order valence-corrected chi connectivity index (χ2v) is 4.46. The Morgan fingerprint density at radius 1 is 1.37 bits per heavy atom. The Morgan fingerprint density at radius 2 is 2.05 bits per heavy atom. The Labute approximate surface area is 109 Å². The quantitative estimate of drug-likeness (QED) is 0.889. The molecule has 0 bridgehead atoms. The van der Waals surface area contributed by atoms with E-state index in [2.05, 4.69) is 15.3 Å². The molecule has 19 heavy (non-hydrogen) atoms. The van der Waals surface area contributed by atoms with Crippen LogP contribution < -0.4 is 10.1 Å². The molecule has 100 valence electrons. The molecule has 0 aliphatic carbocycles. The molecule has 5 nitrogen and oxygen atoms in total. The van der Waals surface area contributed by atoms with Crippen LogP contribution in [0.1, 0.15) is 13.8 Å². The maximum Gasteiger partial charge on any atom is 0.270 e. The third-order valence-electron chi connectivity index (χ3n) is 2.46. The monoisotopic (exact) mass is 263 g/mol. The van der Waals surface area contributed by atoms with Crippen molar-refractivity contribution in [1.29, 1.82) is 0 Å². The summed E-state index contributed by atoms with van der Waals surface area (Å²) in [7, 11) is 0. The molecule has 1 amide bonds. The lowest BCUT2D eigenvalue weighted by molar-refractivity contribution is -0.128. The van der Waals surface area contributed by atoms with Crippen molar-refractivity contribution in [3.63, 3.8) is 0 Å². The van der Waals surface area contributed by atoms with Gasteiger partial charge in [0, 0.05) is 12.4 Å². The Bertz CT molecular complexity index is 550. The SMILES string of the molecule is CC(C)(Oc1ccc(F)cc1)C(=O)Nc1ncc[nH]1. The lowest BCUT2D eigenvalue weighted by Gasteiger charge is -2.24. The second kappa shape index (κ2) is 5.09. The van der Waals surface area contributed by atoms with Gasteiger partial charge in [0.05, 0.1) is 0 Å². The molecule has 6 heteroatoms. The first-order valence-corrected chi connectivity index (χ1v) is 5.73. The molecule has 2 rings (SSSR count). The van der Waals surface area contributed by atoms with Crippen molar-refractivity contribution < 1.29 is 13.9 Å². The number of carbonyl (C=O) groups excluding carboxylic acids is 1. The molecule has 0 fully saturated rings. The number of nitrogens with zero attached hydrogens (tertiary/aromatic N) is 1. The van der Waals surface area contributed by atoms with Crippen LogP contribution in [0.25, 0.3) is 0 Å². The van der Waals surface area contributed by atoms with Crippen molar-refractivity contribution in [1.82, 2.24) is 9.97 Å². The fraction of sp³-hybridized carbons (Fsp3) is 0.231. The number of hydrogen-bond acceptors (Lipinski definition) is 3. The number of amides is 1. The number of rotatable bonds is 4. The van der Waals surface area contributed by atoms with Crippen LogP contribution in [-0.4, -0.2) is 21.5 Å². The number of aromatic amines is 1. The summed E-state index contributed by atoms with van der Waals surface area (Å²) in [5.74, 6) is 0.0544. The van der Waals surface area contributed by atoms with E-state index in [4.69, 9.17) is 4.74 Å². The van der Waals surface area contributed by atoms with Crippen LogP contribution in [0.4, 0.5) is 10.3 Å². The van der Waals surface area contributed by atoms with E-state index >= 15 is 0 Å². The van der Waals surface area contributed by atoms with Gasteiger partial charge in [-0.1, -0.05) is 0 Å². The van der Waals surface area contributed by atoms with Gasteiger partial charge in [0.1, 0.15) is 11.6 Å². The van der Waals surface area contributed by atoms with Gasteiger partial charge in [-0.15, -0.1) is 0 Å². The first-order valence-electron chi connectivity index (χ1n) is 5.73. The third kappa shape index (κ3) is 3.31. The Kier molecular flexibility index (Phi) is 3.50. The predicted molar refractivity (Wildman–Crippen MR) is 68.3 cm³/mol. The van der Waals surface area contributed by atoms with E-state index in [1.54, 1.807) is 20.0 Å². The zero-order valence-corrected chi connectivity index (χ0v) is 10.6. The number of anilines is 1. The average Bonchev–Trinajstić information content (AvgIpc) is 2.84. The number of ether oxygens (including phenoxy) is 1. The summed E-state index contributed by atoms with van der Waals surface area (Å²) < 4.78 is 18.3. The first-order chi connectivity index (χ1) is 8.97. The highest BCUT2D eigenvalue weighted by Crippen LogP contribution is 2.19. The van der Waals surface area contributed by atoms with Crippen LogP contribution in [-0.2, 0) is 4.79 Å². The molecule has 0 atom stereocenters. The topological polar surface area (TPSA) is 67.0 Å². The van der Waals surface area contributed by atoms with E-state index in [1.165, 1.54) is 30.5 Å². The summed E-state index contributed by atoms with van der Waals surface area (Å²) in [5, 5.41) is 2.59. The van der Waals surface area contributed by atoms with E-state index in [9.17, 15) is 9.18 Å². The summed E-state index contributed by atoms with van der Waals surface area (Å²) in [6, 6.07) is 5.49. The van der Waals surface area contributed by atoms with Gasteiger partial charge < -0.3 is 9.72 Å². The van der Waals surface area contributed by atoms with Crippen LogP contribution >= 0.6 is 0 Å². The van der Waals surface area contributed by atoms with Gasteiger partial charge in [-0.2, -0.15) is 0 Å². The fourth-order valence-electron chi connectivity index (χ4n) is 1.44. The Morgan fingerprint density at radius 3 is 2.63 bits per heavy atom. The number of imidazole rings is 1. The fourth-order valence-corrected chi connectivity index (χ4v) is 1.44. The Balaban J connectivity index is 2.04. The molecular formula is C13H14FN3O2. The zero-order chi connectivity index (χ0) is 13.9. The lowest BCUT2D eigenvalue weighted by Crippen LogP contribution is -2.42. The van der Waals surface area contributed by atoms with Crippen molar-refractivity contribution in [3.05, 3.63) is 42.5 Å². The van der Waals surface area contributed by atoms with E-state index in [1.807, 2.05) is 0 Å². The summed E-state index contributed by atoms with van der Waals surface area (Å²) in [5.41, 5.74) is -1.11. The summed E-state index contributed by atoms with van der Waals surface area (Å²) >= 11 is 0. The minimum absolute atomic E-state index is 0.348. The smallest absolute Gasteiger partial charge is 0.270 e. The minimum Gasteiger partial charge on any atom is -0.478 e. The molecule has 0 saturated heterocycles. The van der Waals surface area contributed by atoms with E-state index in [0.29, 0.717) is 11.7 Å². The molecule has 2 N–H and O–H groups in total. The molecule has 2 aromatic rings. The zero-order valence-electron chi connectivity index (χ0n) is 10.6. The summed E-state index contributed by atoms with van der Waals surface area (Å²) in [6.45, 7) is 3.24. The highest BCUT2D eigenvalue weighted by atomic mass is 19.1. The number of carbonyl (C=O) groups is 1. The Hall–Kier alpha value is -2.37. The molecule has 1 aromatic heterocycles. The molecule has 0 radical (unpaired) electrons. The van der Waals surface area contributed by atoms with Crippen LogP contribution in [0.3, 0.4) is 0 Å². The van der Waals surface area contributed by atoms with E-state index in [-0.39, 0.29) is 11.7 Å². The van der Waals surface area contributed by atoms with Crippen LogP contribution in [0.15, 0.2) is 36.7 Å². The molecule has 0 spiro atoms. The molecule has 1 aromatic carbocycles. The van der Waals surface area contributed by atoms with Gasteiger partial charge in [-0.05, 0) is 38.1 Å². The highest BCUT2D eigenvalue weighted by Gasteiger charge is 2.30. The van der Waals surface area contributed by atoms with Crippen LogP contribution in [0, 0.1) is 5.82 Å². The van der Waals surface area contributed by atoms with Crippen molar-refractivity contribution in [2.24, 2.45) is 0 Å². The normalized spacial score (nSPS) is 11.1. The molecule has 0 unspecified atom stereocenters. The van der Waals surface area contributed by atoms with Crippen molar-refractivity contribution >= 4 is 11.9 Å². The number of benzene rings is 1. The molecular weight excluding hydrogens is 249 g/mol. The highest BCUT2D eigenvalue weighted by molar-refractivity contribution is 5.95. The van der Waals surface area contributed by atoms with Crippen LogP contribution in [0.5, 0.6) is 5.75 Å². The maximum absolute atomic E-state index is 12.8. The average molecular weight is 263 g/mol. The first kappa shape index (κ1) is 13.1. The predicted octanol–water partition coefficient (Wildman–Crippen LogP) is 2.34. The van der Waals surface area contributed by atoms with E-state index in [0.717, 1.165) is 0 Å². The largest absolute Gasteiger partial charge is 0.478 e. The van der Waals surface area contributed by atoms with Gasteiger partial charge in [0.25, 0.3) is 5.91 Å². The van der Waals surface area contributed by atoms with Gasteiger partial charge in [0.2, 0.25) is 5.95 Å². The van der Waals surface area contributed by atoms with E-state index < -0.39 is 5.60 Å². The molecule has 0 aliphatic rings. The minimum atomic E-state index is -1.11. The van der Waals surface area contributed by atoms with Gasteiger partial charge in [-0.25, -0.2) is 9.37 Å². The van der Waals surface area contributed by atoms with Gasteiger partial charge in [-0.3, -0.25) is 10.1 Å². The van der Waals surface area contributed by atoms with Gasteiger partial charge in [0.15, 0.2) is 5.60 Å².